The van der Waals surface area contributed by atoms with Crippen molar-refractivity contribution in [3.8, 4) is 0 Å². The van der Waals surface area contributed by atoms with E-state index in [2.05, 4.69) is 24.4 Å². The second-order valence-electron chi connectivity index (χ2n) is 4.81. The molecule has 1 aromatic carbocycles. The summed E-state index contributed by atoms with van der Waals surface area (Å²) in [5.41, 5.74) is 3.10. The summed E-state index contributed by atoms with van der Waals surface area (Å²) in [5.74, 6) is -0.164. The van der Waals surface area contributed by atoms with Crippen LogP contribution < -0.4 is 5.32 Å². The molecule has 0 aromatic heterocycles. The lowest BCUT2D eigenvalue weighted by molar-refractivity contribution is -0.138. The molecule has 0 bridgehead atoms. The molecule has 0 radical (unpaired) electrons. The predicted molar refractivity (Wildman–Crippen MR) is 75.5 cm³/mol. The molecular weight excluding hydrogens is 238 g/mol. The summed E-state index contributed by atoms with van der Waals surface area (Å²) in [6, 6.07) is 10.5. The van der Waals surface area contributed by atoms with Crippen LogP contribution in [-0.4, -0.2) is 12.6 Å². The largest absolute Gasteiger partial charge is 0.463 e. The third kappa shape index (κ3) is 3.37. The molecule has 1 aliphatic rings. The standard InChI is InChI=1S/C16H21NO2/c1-3-19-16(18)14-10-7-11-15(14)17-12(2)13-8-5-4-6-9-13/h4-6,8-9,12,17H,3,7,10-11H2,1-2H3/t12-/m0/s1. The molecule has 3 nitrogen and oxygen atoms in total. The van der Waals surface area contributed by atoms with Crippen LogP contribution in [0.5, 0.6) is 0 Å². The van der Waals surface area contributed by atoms with Gasteiger partial charge in [-0.1, -0.05) is 30.3 Å². The molecular formula is C16H21NO2. The number of carbonyl (C=O) groups is 1. The van der Waals surface area contributed by atoms with Crippen LogP contribution in [0.25, 0.3) is 0 Å². The number of hydrogen-bond donors (Lipinski definition) is 1. The molecule has 0 heterocycles. The Kier molecular flexibility index (Phi) is 4.61. The fraction of sp³-hybridized carbons (Fsp3) is 0.438. The van der Waals surface area contributed by atoms with E-state index in [0.717, 1.165) is 30.5 Å². The predicted octanol–water partition coefficient (Wildman–Crippen LogP) is 3.34. The van der Waals surface area contributed by atoms with Crippen LogP contribution in [0.2, 0.25) is 0 Å². The lowest BCUT2D eigenvalue weighted by Gasteiger charge is -2.17. The zero-order chi connectivity index (χ0) is 13.7. The van der Waals surface area contributed by atoms with Gasteiger partial charge in [0.25, 0.3) is 0 Å². The third-order valence-electron chi connectivity index (χ3n) is 3.43. The highest BCUT2D eigenvalue weighted by atomic mass is 16.5. The lowest BCUT2D eigenvalue weighted by Crippen LogP contribution is -2.20. The maximum absolute atomic E-state index is 11.9. The van der Waals surface area contributed by atoms with Crippen LogP contribution in [0.4, 0.5) is 0 Å². The molecule has 0 amide bonds. The van der Waals surface area contributed by atoms with Crippen molar-refractivity contribution in [3.05, 3.63) is 47.2 Å². The van der Waals surface area contributed by atoms with Gasteiger partial charge in [-0.2, -0.15) is 0 Å². The van der Waals surface area contributed by atoms with Crippen LogP contribution in [0, 0.1) is 0 Å². The Balaban J connectivity index is 2.08. The fourth-order valence-corrected chi connectivity index (χ4v) is 2.43. The summed E-state index contributed by atoms with van der Waals surface area (Å²) in [6.45, 7) is 4.39. The number of nitrogens with one attached hydrogen (secondary N) is 1. The Morgan fingerprint density at radius 2 is 2.05 bits per heavy atom. The van der Waals surface area contributed by atoms with Crippen molar-refractivity contribution in [3.63, 3.8) is 0 Å². The van der Waals surface area contributed by atoms with E-state index in [1.54, 1.807) is 0 Å². The molecule has 2 rings (SSSR count). The second kappa shape index (κ2) is 6.41. The highest BCUT2D eigenvalue weighted by molar-refractivity contribution is 5.89. The van der Waals surface area contributed by atoms with Crippen LogP contribution in [-0.2, 0) is 9.53 Å². The van der Waals surface area contributed by atoms with Gasteiger partial charge in [-0.25, -0.2) is 4.79 Å². The Bertz CT molecular complexity index is 465. The van der Waals surface area contributed by atoms with Crippen LogP contribution in [0.1, 0.15) is 44.7 Å². The minimum Gasteiger partial charge on any atom is -0.463 e. The maximum Gasteiger partial charge on any atom is 0.335 e. The van der Waals surface area contributed by atoms with Gasteiger partial charge < -0.3 is 10.1 Å². The molecule has 1 aliphatic carbocycles. The number of benzene rings is 1. The van der Waals surface area contributed by atoms with E-state index in [0.29, 0.717) is 6.61 Å². The molecule has 102 valence electrons. The van der Waals surface area contributed by atoms with Gasteiger partial charge in [-0.05, 0) is 38.7 Å². The first kappa shape index (κ1) is 13.7. The molecule has 19 heavy (non-hydrogen) atoms. The molecule has 1 atom stereocenters. The molecule has 0 aliphatic heterocycles. The second-order valence-corrected chi connectivity index (χ2v) is 4.81. The van der Waals surface area contributed by atoms with Crippen molar-refractivity contribution in [2.24, 2.45) is 0 Å². The smallest absolute Gasteiger partial charge is 0.335 e. The van der Waals surface area contributed by atoms with E-state index in [9.17, 15) is 4.79 Å². The maximum atomic E-state index is 11.9. The first-order valence-electron chi connectivity index (χ1n) is 6.93. The van der Waals surface area contributed by atoms with Gasteiger partial charge in [0, 0.05) is 11.7 Å². The van der Waals surface area contributed by atoms with Gasteiger partial charge in [-0.15, -0.1) is 0 Å². The molecule has 1 aromatic rings. The van der Waals surface area contributed by atoms with Crippen LogP contribution in [0.3, 0.4) is 0 Å². The highest BCUT2D eigenvalue weighted by Crippen LogP contribution is 2.27. The number of rotatable bonds is 5. The van der Waals surface area contributed by atoms with E-state index in [4.69, 9.17) is 4.74 Å². The first-order valence-corrected chi connectivity index (χ1v) is 6.93. The summed E-state index contributed by atoms with van der Waals surface area (Å²) in [6.07, 6.45) is 2.78. The van der Waals surface area contributed by atoms with E-state index in [-0.39, 0.29) is 12.0 Å². The molecule has 1 N–H and O–H groups in total. The van der Waals surface area contributed by atoms with Crippen molar-refractivity contribution < 1.29 is 9.53 Å². The van der Waals surface area contributed by atoms with E-state index >= 15 is 0 Å². The Morgan fingerprint density at radius 3 is 2.74 bits per heavy atom. The van der Waals surface area contributed by atoms with E-state index in [1.165, 1.54) is 5.56 Å². The highest BCUT2D eigenvalue weighted by Gasteiger charge is 2.23. The average molecular weight is 259 g/mol. The minimum atomic E-state index is -0.164. The third-order valence-corrected chi connectivity index (χ3v) is 3.43. The molecule has 3 heteroatoms. The van der Waals surface area contributed by atoms with E-state index in [1.807, 2.05) is 25.1 Å². The SMILES string of the molecule is CCOC(=O)C1=C(N[C@@H](C)c2ccccc2)CCC1. The summed E-state index contributed by atoms with van der Waals surface area (Å²) in [4.78, 5) is 11.9. The lowest BCUT2D eigenvalue weighted by atomic mass is 10.1. The summed E-state index contributed by atoms with van der Waals surface area (Å²) < 4.78 is 5.11. The number of hydrogen-bond acceptors (Lipinski definition) is 3. The summed E-state index contributed by atoms with van der Waals surface area (Å²) in [7, 11) is 0. The fourth-order valence-electron chi connectivity index (χ4n) is 2.43. The zero-order valence-corrected chi connectivity index (χ0v) is 11.6. The minimum absolute atomic E-state index is 0.164. The van der Waals surface area contributed by atoms with Gasteiger partial charge in [0.15, 0.2) is 0 Å². The number of ether oxygens (including phenoxy) is 1. The zero-order valence-electron chi connectivity index (χ0n) is 11.6. The topological polar surface area (TPSA) is 38.3 Å². The van der Waals surface area contributed by atoms with Crippen molar-refractivity contribution in [2.45, 2.75) is 39.2 Å². The number of esters is 1. The number of allylic oxidation sites excluding steroid dienone is 1. The average Bonchev–Trinajstić information content (AvgIpc) is 2.88. The van der Waals surface area contributed by atoms with Gasteiger partial charge >= 0.3 is 5.97 Å². The molecule has 0 saturated carbocycles. The Labute approximate surface area is 114 Å². The molecule has 0 fully saturated rings. The summed E-state index contributed by atoms with van der Waals surface area (Å²) in [5, 5.41) is 3.46. The van der Waals surface area contributed by atoms with E-state index < -0.39 is 0 Å². The Morgan fingerprint density at radius 1 is 1.32 bits per heavy atom. The quantitative estimate of drug-likeness (QED) is 0.824. The van der Waals surface area contributed by atoms with Gasteiger partial charge in [0.1, 0.15) is 0 Å². The number of carbonyl (C=O) groups excluding carboxylic acids is 1. The van der Waals surface area contributed by atoms with Gasteiger partial charge in [0.2, 0.25) is 0 Å². The molecule has 0 unspecified atom stereocenters. The van der Waals surface area contributed by atoms with Crippen molar-refractivity contribution in [2.75, 3.05) is 6.61 Å². The Hall–Kier alpha value is -1.77. The van der Waals surface area contributed by atoms with Crippen LogP contribution >= 0.6 is 0 Å². The summed E-state index contributed by atoms with van der Waals surface area (Å²) >= 11 is 0. The van der Waals surface area contributed by atoms with Crippen molar-refractivity contribution >= 4 is 5.97 Å². The molecule has 0 saturated heterocycles. The van der Waals surface area contributed by atoms with Crippen LogP contribution in [0.15, 0.2) is 41.6 Å². The molecule has 0 spiro atoms. The first-order chi connectivity index (χ1) is 9.22. The van der Waals surface area contributed by atoms with Gasteiger partial charge in [-0.3, -0.25) is 0 Å². The van der Waals surface area contributed by atoms with Crippen molar-refractivity contribution in [1.29, 1.82) is 0 Å². The monoisotopic (exact) mass is 259 g/mol. The normalized spacial score (nSPS) is 16.3. The van der Waals surface area contributed by atoms with Gasteiger partial charge in [0.05, 0.1) is 12.2 Å². The van der Waals surface area contributed by atoms with Crippen molar-refractivity contribution in [1.82, 2.24) is 5.32 Å².